The molecule has 5 heteroatoms. The summed E-state index contributed by atoms with van der Waals surface area (Å²) in [5.41, 5.74) is 0.326. The Hall–Kier alpha value is -1.91. The largest absolute Gasteiger partial charge is 0.354 e. The summed E-state index contributed by atoms with van der Waals surface area (Å²) in [6.07, 6.45) is 0.838. The molecule has 0 bridgehead atoms. The van der Waals surface area contributed by atoms with E-state index in [1.165, 1.54) is 24.3 Å². The van der Waals surface area contributed by atoms with E-state index in [1.54, 1.807) is 6.92 Å². The third-order valence-corrected chi connectivity index (χ3v) is 2.40. The van der Waals surface area contributed by atoms with Crippen LogP contribution >= 0.6 is 0 Å². The first-order chi connectivity index (χ1) is 8.54. The van der Waals surface area contributed by atoms with E-state index in [9.17, 15) is 14.0 Å². The van der Waals surface area contributed by atoms with Crippen LogP contribution in [0.3, 0.4) is 0 Å². The molecule has 1 atom stereocenters. The van der Waals surface area contributed by atoms with Crippen LogP contribution in [0.4, 0.5) is 4.39 Å². The van der Waals surface area contributed by atoms with Crippen molar-refractivity contribution >= 4 is 11.8 Å². The number of rotatable bonds is 5. The zero-order chi connectivity index (χ0) is 13.5. The van der Waals surface area contributed by atoms with Gasteiger partial charge in [0.15, 0.2) is 0 Å². The van der Waals surface area contributed by atoms with E-state index in [0.29, 0.717) is 12.1 Å². The lowest BCUT2D eigenvalue weighted by molar-refractivity contribution is -0.122. The van der Waals surface area contributed by atoms with Crippen molar-refractivity contribution in [2.24, 2.45) is 0 Å². The molecule has 0 aliphatic carbocycles. The summed E-state index contributed by atoms with van der Waals surface area (Å²) >= 11 is 0. The van der Waals surface area contributed by atoms with Gasteiger partial charge < -0.3 is 10.6 Å². The molecule has 0 fully saturated rings. The summed E-state index contributed by atoms with van der Waals surface area (Å²) < 4.78 is 12.7. The van der Waals surface area contributed by atoms with Crippen LogP contribution < -0.4 is 10.6 Å². The Labute approximate surface area is 106 Å². The van der Waals surface area contributed by atoms with Gasteiger partial charge in [-0.1, -0.05) is 6.92 Å². The molecule has 0 aliphatic rings. The van der Waals surface area contributed by atoms with Crippen molar-refractivity contribution in [3.8, 4) is 0 Å². The van der Waals surface area contributed by atoms with Crippen molar-refractivity contribution in [1.29, 1.82) is 0 Å². The standard InChI is InChI=1S/C13H17FN2O2/c1-3-8-15-12(17)9(2)16-13(18)10-4-6-11(14)7-5-10/h4-7,9H,3,8H2,1-2H3,(H,15,17)(H,16,18)/t9-/m0/s1. The van der Waals surface area contributed by atoms with Crippen molar-refractivity contribution < 1.29 is 14.0 Å². The molecule has 2 N–H and O–H groups in total. The van der Waals surface area contributed by atoms with Crippen LogP contribution in [0.5, 0.6) is 0 Å². The van der Waals surface area contributed by atoms with Crippen LogP contribution in [0.1, 0.15) is 30.6 Å². The number of carbonyl (C=O) groups excluding carboxylic acids is 2. The fourth-order valence-corrected chi connectivity index (χ4v) is 1.35. The number of hydrogen-bond donors (Lipinski definition) is 2. The molecule has 0 heterocycles. The van der Waals surface area contributed by atoms with Crippen LogP contribution in [0.15, 0.2) is 24.3 Å². The average Bonchev–Trinajstić information content (AvgIpc) is 2.36. The lowest BCUT2D eigenvalue weighted by atomic mass is 10.2. The third kappa shape index (κ3) is 4.16. The monoisotopic (exact) mass is 252 g/mol. The second-order valence-corrected chi connectivity index (χ2v) is 3.99. The Morgan fingerprint density at radius 2 is 1.89 bits per heavy atom. The average molecular weight is 252 g/mol. The molecule has 18 heavy (non-hydrogen) atoms. The van der Waals surface area contributed by atoms with E-state index < -0.39 is 17.8 Å². The molecule has 1 aromatic carbocycles. The molecule has 0 saturated carbocycles. The molecule has 0 spiro atoms. The van der Waals surface area contributed by atoms with Gasteiger partial charge in [0.05, 0.1) is 0 Å². The maximum absolute atomic E-state index is 12.7. The number of hydrogen-bond acceptors (Lipinski definition) is 2. The smallest absolute Gasteiger partial charge is 0.251 e. The predicted octanol–water partition coefficient (Wildman–Crippen LogP) is 1.47. The Balaban J connectivity index is 2.53. The molecule has 2 amide bonds. The molecule has 1 rings (SSSR count). The van der Waals surface area contributed by atoms with Gasteiger partial charge in [-0.25, -0.2) is 4.39 Å². The minimum absolute atomic E-state index is 0.229. The summed E-state index contributed by atoms with van der Waals surface area (Å²) in [6.45, 7) is 4.13. The van der Waals surface area contributed by atoms with E-state index in [1.807, 2.05) is 6.92 Å². The van der Waals surface area contributed by atoms with Gasteiger partial charge in [-0.05, 0) is 37.6 Å². The molecule has 1 aromatic rings. The van der Waals surface area contributed by atoms with Gasteiger partial charge in [0.1, 0.15) is 11.9 Å². The van der Waals surface area contributed by atoms with E-state index in [2.05, 4.69) is 10.6 Å². The van der Waals surface area contributed by atoms with Gasteiger partial charge in [0.2, 0.25) is 5.91 Å². The second-order valence-electron chi connectivity index (χ2n) is 3.99. The molecule has 4 nitrogen and oxygen atoms in total. The highest BCUT2D eigenvalue weighted by Gasteiger charge is 2.15. The van der Waals surface area contributed by atoms with E-state index in [0.717, 1.165) is 6.42 Å². The quantitative estimate of drug-likeness (QED) is 0.833. The Bertz CT molecular complexity index is 418. The summed E-state index contributed by atoms with van der Waals surface area (Å²) in [6, 6.07) is 4.55. The summed E-state index contributed by atoms with van der Waals surface area (Å²) in [4.78, 5) is 23.3. The first kappa shape index (κ1) is 14.2. The zero-order valence-corrected chi connectivity index (χ0v) is 10.5. The van der Waals surface area contributed by atoms with Crippen LogP contribution in [0, 0.1) is 5.82 Å². The van der Waals surface area contributed by atoms with E-state index in [4.69, 9.17) is 0 Å². The van der Waals surface area contributed by atoms with Gasteiger partial charge in [-0.2, -0.15) is 0 Å². The number of carbonyl (C=O) groups is 2. The third-order valence-electron chi connectivity index (χ3n) is 2.40. The van der Waals surface area contributed by atoms with Crippen molar-refractivity contribution in [3.63, 3.8) is 0 Å². The lowest BCUT2D eigenvalue weighted by Crippen LogP contribution is -2.44. The Morgan fingerprint density at radius 3 is 2.44 bits per heavy atom. The van der Waals surface area contributed by atoms with E-state index in [-0.39, 0.29) is 5.91 Å². The molecule has 0 aromatic heterocycles. The molecular weight excluding hydrogens is 235 g/mol. The van der Waals surface area contributed by atoms with Crippen molar-refractivity contribution in [2.75, 3.05) is 6.54 Å². The SMILES string of the molecule is CCCNC(=O)[C@H](C)NC(=O)c1ccc(F)cc1. The van der Waals surface area contributed by atoms with Crippen molar-refractivity contribution in [2.45, 2.75) is 26.3 Å². The zero-order valence-electron chi connectivity index (χ0n) is 10.5. The van der Waals surface area contributed by atoms with Crippen molar-refractivity contribution in [1.82, 2.24) is 10.6 Å². The molecular formula is C13H17FN2O2. The van der Waals surface area contributed by atoms with Crippen LogP contribution in [0.2, 0.25) is 0 Å². The fourth-order valence-electron chi connectivity index (χ4n) is 1.35. The topological polar surface area (TPSA) is 58.2 Å². The Kier molecular flexibility index (Phi) is 5.30. The highest BCUT2D eigenvalue weighted by molar-refractivity contribution is 5.97. The maximum atomic E-state index is 12.7. The first-order valence-electron chi connectivity index (χ1n) is 5.88. The summed E-state index contributed by atoms with van der Waals surface area (Å²) in [7, 11) is 0. The van der Waals surface area contributed by atoms with E-state index >= 15 is 0 Å². The second kappa shape index (κ2) is 6.74. The molecule has 0 saturated heterocycles. The number of halogens is 1. The van der Waals surface area contributed by atoms with Gasteiger partial charge in [-0.15, -0.1) is 0 Å². The maximum Gasteiger partial charge on any atom is 0.251 e. The molecule has 98 valence electrons. The lowest BCUT2D eigenvalue weighted by Gasteiger charge is -2.13. The van der Waals surface area contributed by atoms with Gasteiger partial charge >= 0.3 is 0 Å². The highest BCUT2D eigenvalue weighted by Crippen LogP contribution is 2.02. The normalized spacial score (nSPS) is 11.7. The van der Waals surface area contributed by atoms with Crippen LogP contribution in [-0.4, -0.2) is 24.4 Å². The number of benzene rings is 1. The van der Waals surface area contributed by atoms with Crippen LogP contribution in [-0.2, 0) is 4.79 Å². The van der Waals surface area contributed by atoms with Gasteiger partial charge in [0.25, 0.3) is 5.91 Å². The summed E-state index contributed by atoms with van der Waals surface area (Å²) in [5, 5.41) is 5.24. The number of amides is 2. The van der Waals surface area contributed by atoms with Crippen LogP contribution in [0.25, 0.3) is 0 Å². The molecule has 0 radical (unpaired) electrons. The minimum atomic E-state index is -0.617. The molecule has 0 unspecified atom stereocenters. The van der Waals surface area contributed by atoms with Gasteiger partial charge in [-0.3, -0.25) is 9.59 Å². The fraction of sp³-hybridized carbons (Fsp3) is 0.385. The van der Waals surface area contributed by atoms with Crippen molar-refractivity contribution in [3.05, 3.63) is 35.6 Å². The highest BCUT2D eigenvalue weighted by atomic mass is 19.1. The first-order valence-corrected chi connectivity index (χ1v) is 5.88. The number of nitrogens with one attached hydrogen (secondary N) is 2. The Morgan fingerprint density at radius 1 is 1.28 bits per heavy atom. The summed E-state index contributed by atoms with van der Waals surface area (Å²) in [5.74, 6) is -1.03. The minimum Gasteiger partial charge on any atom is -0.354 e. The molecule has 0 aliphatic heterocycles. The predicted molar refractivity (Wildman–Crippen MR) is 66.6 cm³/mol. The van der Waals surface area contributed by atoms with Gasteiger partial charge in [0, 0.05) is 12.1 Å².